The van der Waals surface area contributed by atoms with Crippen molar-refractivity contribution in [3.63, 3.8) is 0 Å². The second kappa shape index (κ2) is 9.82. The summed E-state index contributed by atoms with van der Waals surface area (Å²) in [6.07, 6.45) is 3.42. The first kappa shape index (κ1) is 21.2. The van der Waals surface area contributed by atoms with Crippen LogP contribution in [0.5, 0.6) is 0 Å². The first-order valence-corrected chi connectivity index (χ1v) is 10.1. The minimum Gasteiger partial charge on any atom is -0.389 e. The first-order chi connectivity index (χ1) is 13.9. The number of benzene rings is 1. The molecule has 3 N–H and O–H groups in total. The fraction of sp³-hybridized carbons (Fsp3) is 0.455. The standard InChI is InChI=1S/C22H31N5O2/c1-22(2,29)17-27-13-11-26(12-14-27)16-19-3-5-20(6-4-19)25-21(28)24-15-18-7-9-23-10-8-18/h3-10,29H,11-17H2,1-2H3,(H2,24,25,28). The molecule has 1 aliphatic rings. The molecule has 0 bridgehead atoms. The Labute approximate surface area is 172 Å². The van der Waals surface area contributed by atoms with Crippen LogP contribution in [-0.2, 0) is 13.1 Å². The minimum atomic E-state index is -0.643. The van der Waals surface area contributed by atoms with Crippen molar-refractivity contribution in [1.29, 1.82) is 0 Å². The number of anilines is 1. The van der Waals surface area contributed by atoms with Crippen molar-refractivity contribution < 1.29 is 9.90 Å². The Kier molecular flexibility index (Phi) is 7.19. The lowest BCUT2D eigenvalue weighted by Crippen LogP contribution is -2.50. The molecular formula is C22H31N5O2. The van der Waals surface area contributed by atoms with E-state index >= 15 is 0 Å². The monoisotopic (exact) mass is 397 g/mol. The van der Waals surface area contributed by atoms with Crippen LogP contribution >= 0.6 is 0 Å². The van der Waals surface area contributed by atoms with E-state index in [2.05, 4.69) is 37.6 Å². The molecule has 2 aromatic rings. The van der Waals surface area contributed by atoms with Crippen LogP contribution in [0.15, 0.2) is 48.8 Å². The molecule has 0 spiro atoms. The third-order valence-electron chi connectivity index (χ3n) is 4.90. The van der Waals surface area contributed by atoms with E-state index < -0.39 is 5.60 Å². The Morgan fingerprint density at radius 2 is 1.62 bits per heavy atom. The number of aliphatic hydroxyl groups is 1. The van der Waals surface area contributed by atoms with Gasteiger partial charge in [-0.1, -0.05) is 12.1 Å². The van der Waals surface area contributed by atoms with Crippen LogP contribution in [0.25, 0.3) is 0 Å². The highest BCUT2D eigenvalue weighted by molar-refractivity contribution is 5.89. The second-order valence-electron chi connectivity index (χ2n) is 8.22. The highest BCUT2D eigenvalue weighted by Crippen LogP contribution is 2.14. The molecule has 7 nitrogen and oxygen atoms in total. The second-order valence-corrected chi connectivity index (χ2v) is 8.22. The van der Waals surface area contributed by atoms with Gasteiger partial charge in [-0.25, -0.2) is 4.79 Å². The van der Waals surface area contributed by atoms with Gasteiger partial charge >= 0.3 is 6.03 Å². The molecule has 0 unspecified atom stereocenters. The van der Waals surface area contributed by atoms with E-state index in [1.54, 1.807) is 12.4 Å². The topological polar surface area (TPSA) is 80.7 Å². The summed E-state index contributed by atoms with van der Waals surface area (Å²) in [6, 6.07) is 11.5. The van der Waals surface area contributed by atoms with Crippen LogP contribution in [-0.4, -0.2) is 64.2 Å². The summed E-state index contributed by atoms with van der Waals surface area (Å²) in [5.74, 6) is 0. The van der Waals surface area contributed by atoms with Crippen molar-refractivity contribution in [3.8, 4) is 0 Å². The Morgan fingerprint density at radius 3 is 2.24 bits per heavy atom. The fourth-order valence-electron chi connectivity index (χ4n) is 3.46. The maximum Gasteiger partial charge on any atom is 0.319 e. The number of nitrogens with one attached hydrogen (secondary N) is 2. The third-order valence-corrected chi connectivity index (χ3v) is 4.90. The summed E-state index contributed by atoms with van der Waals surface area (Å²) in [5.41, 5.74) is 2.36. The Hall–Kier alpha value is -2.48. The van der Waals surface area contributed by atoms with E-state index in [1.165, 1.54) is 5.56 Å². The van der Waals surface area contributed by atoms with E-state index in [0.717, 1.165) is 44.0 Å². The molecule has 1 aromatic carbocycles. The number of pyridine rings is 1. The highest BCUT2D eigenvalue weighted by atomic mass is 16.3. The van der Waals surface area contributed by atoms with Gasteiger partial charge in [-0.2, -0.15) is 0 Å². The predicted octanol–water partition coefficient (Wildman–Crippen LogP) is 2.29. The van der Waals surface area contributed by atoms with Gasteiger partial charge in [-0.05, 0) is 49.2 Å². The lowest BCUT2D eigenvalue weighted by Gasteiger charge is -2.37. The van der Waals surface area contributed by atoms with Gasteiger partial charge < -0.3 is 15.7 Å². The molecule has 1 saturated heterocycles. The number of amides is 2. The zero-order chi connectivity index (χ0) is 20.7. The molecule has 29 heavy (non-hydrogen) atoms. The number of hydrogen-bond acceptors (Lipinski definition) is 5. The van der Waals surface area contributed by atoms with Gasteiger partial charge in [0.15, 0.2) is 0 Å². The van der Waals surface area contributed by atoms with Gasteiger partial charge in [0.25, 0.3) is 0 Å². The molecular weight excluding hydrogens is 366 g/mol. The maximum absolute atomic E-state index is 12.0. The van der Waals surface area contributed by atoms with E-state index in [1.807, 2.05) is 38.1 Å². The van der Waals surface area contributed by atoms with Gasteiger partial charge in [0.1, 0.15) is 0 Å². The van der Waals surface area contributed by atoms with Gasteiger partial charge in [-0.3, -0.25) is 14.8 Å². The molecule has 0 atom stereocenters. The van der Waals surface area contributed by atoms with Crippen LogP contribution in [0.3, 0.4) is 0 Å². The van der Waals surface area contributed by atoms with Crippen molar-refractivity contribution in [2.45, 2.75) is 32.5 Å². The number of aromatic nitrogens is 1. The molecule has 156 valence electrons. The average molecular weight is 398 g/mol. The number of urea groups is 1. The van der Waals surface area contributed by atoms with Crippen LogP contribution in [0, 0.1) is 0 Å². The highest BCUT2D eigenvalue weighted by Gasteiger charge is 2.22. The molecule has 1 aliphatic heterocycles. The predicted molar refractivity (Wildman–Crippen MR) is 115 cm³/mol. The summed E-state index contributed by atoms with van der Waals surface area (Å²) in [6.45, 7) is 9.72. The summed E-state index contributed by atoms with van der Waals surface area (Å²) in [5, 5.41) is 15.7. The van der Waals surface area contributed by atoms with E-state index in [0.29, 0.717) is 13.1 Å². The first-order valence-electron chi connectivity index (χ1n) is 10.1. The Morgan fingerprint density at radius 1 is 1.00 bits per heavy atom. The zero-order valence-corrected chi connectivity index (χ0v) is 17.3. The molecule has 2 heterocycles. The van der Waals surface area contributed by atoms with E-state index in [-0.39, 0.29) is 6.03 Å². The van der Waals surface area contributed by atoms with Crippen molar-refractivity contribution in [2.75, 3.05) is 38.0 Å². The third kappa shape index (κ3) is 7.45. The van der Waals surface area contributed by atoms with Gasteiger partial charge in [0.05, 0.1) is 5.60 Å². The lowest BCUT2D eigenvalue weighted by molar-refractivity contribution is 0.0167. The number of rotatable bonds is 7. The van der Waals surface area contributed by atoms with Crippen LogP contribution in [0.2, 0.25) is 0 Å². The van der Waals surface area contributed by atoms with Gasteiger partial charge in [0, 0.05) is 63.9 Å². The summed E-state index contributed by atoms with van der Waals surface area (Å²) in [7, 11) is 0. The smallest absolute Gasteiger partial charge is 0.319 e. The molecule has 0 saturated carbocycles. The number of carbonyl (C=O) groups is 1. The number of carbonyl (C=O) groups excluding carboxylic acids is 1. The van der Waals surface area contributed by atoms with Crippen molar-refractivity contribution in [3.05, 3.63) is 59.9 Å². The van der Waals surface area contributed by atoms with Crippen molar-refractivity contribution in [1.82, 2.24) is 20.1 Å². The number of nitrogens with zero attached hydrogens (tertiary/aromatic N) is 3. The van der Waals surface area contributed by atoms with Crippen LogP contribution in [0.1, 0.15) is 25.0 Å². The number of hydrogen-bond donors (Lipinski definition) is 3. The quantitative estimate of drug-likeness (QED) is 0.668. The Bertz CT molecular complexity index is 766. The molecule has 1 aromatic heterocycles. The molecule has 1 fully saturated rings. The average Bonchev–Trinajstić information content (AvgIpc) is 2.69. The number of β-amino-alcohol motifs (C(OH)–C–C–N with tert-alkyl or cyclic N) is 1. The van der Waals surface area contributed by atoms with Crippen molar-refractivity contribution >= 4 is 11.7 Å². The Balaban J connectivity index is 1.40. The maximum atomic E-state index is 12.0. The summed E-state index contributed by atoms with van der Waals surface area (Å²) in [4.78, 5) is 20.7. The number of piperazine rings is 1. The fourth-order valence-corrected chi connectivity index (χ4v) is 3.46. The molecule has 3 rings (SSSR count). The largest absolute Gasteiger partial charge is 0.389 e. The molecule has 0 radical (unpaired) electrons. The van der Waals surface area contributed by atoms with Gasteiger partial charge in [0.2, 0.25) is 0 Å². The van der Waals surface area contributed by atoms with Crippen LogP contribution < -0.4 is 10.6 Å². The summed E-state index contributed by atoms with van der Waals surface area (Å²) >= 11 is 0. The molecule has 2 amide bonds. The van der Waals surface area contributed by atoms with E-state index in [4.69, 9.17) is 0 Å². The SMILES string of the molecule is CC(C)(O)CN1CCN(Cc2ccc(NC(=O)NCc3ccncc3)cc2)CC1. The lowest BCUT2D eigenvalue weighted by atomic mass is 10.1. The minimum absolute atomic E-state index is 0.225. The van der Waals surface area contributed by atoms with E-state index in [9.17, 15) is 9.90 Å². The summed E-state index contributed by atoms with van der Waals surface area (Å²) < 4.78 is 0. The van der Waals surface area contributed by atoms with Crippen molar-refractivity contribution in [2.24, 2.45) is 0 Å². The van der Waals surface area contributed by atoms with Crippen LogP contribution in [0.4, 0.5) is 10.5 Å². The molecule has 0 aliphatic carbocycles. The van der Waals surface area contributed by atoms with Gasteiger partial charge in [-0.15, -0.1) is 0 Å². The zero-order valence-electron chi connectivity index (χ0n) is 17.3. The normalized spacial score (nSPS) is 15.8. The molecule has 7 heteroatoms.